The van der Waals surface area contributed by atoms with Gasteiger partial charge < -0.3 is 15.4 Å². The lowest BCUT2D eigenvalue weighted by Crippen LogP contribution is -2.31. The number of carbonyl (C=O) groups is 1. The van der Waals surface area contributed by atoms with Gasteiger partial charge in [0.05, 0.1) is 0 Å². The van der Waals surface area contributed by atoms with Crippen molar-refractivity contribution in [1.29, 1.82) is 0 Å². The summed E-state index contributed by atoms with van der Waals surface area (Å²) in [5, 5.41) is 0.569. The van der Waals surface area contributed by atoms with Crippen LogP contribution in [0.3, 0.4) is 0 Å². The summed E-state index contributed by atoms with van der Waals surface area (Å²) in [4.78, 5) is 13.5. The Kier molecular flexibility index (Phi) is 4.48. The molecule has 0 radical (unpaired) electrons. The first-order valence-corrected chi connectivity index (χ1v) is 6.44. The van der Waals surface area contributed by atoms with E-state index in [1.807, 2.05) is 6.07 Å². The van der Waals surface area contributed by atoms with E-state index in [4.69, 9.17) is 22.1 Å². The normalized spacial score (nSPS) is 10.1. The summed E-state index contributed by atoms with van der Waals surface area (Å²) in [6, 6.07) is 14.0. The number of carbonyl (C=O) groups excluding carboxylic acids is 1. The van der Waals surface area contributed by atoms with Gasteiger partial charge in [0.2, 0.25) is 0 Å². The molecule has 0 saturated carbocycles. The Morgan fingerprint density at radius 2 is 2.00 bits per heavy atom. The Bertz CT molecular complexity index is 616. The van der Waals surface area contributed by atoms with E-state index in [1.54, 1.807) is 49.5 Å². The van der Waals surface area contributed by atoms with Crippen molar-refractivity contribution in [3.05, 3.63) is 53.6 Å². The lowest BCUT2D eigenvalue weighted by atomic mass is 10.2. The van der Waals surface area contributed by atoms with Crippen molar-refractivity contribution in [2.75, 3.05) is 24.3 Å². The van der Waals surface area contributed by atoms with Crippen LogP contribution in [0.1, 0.15) is 0 Å². The van der Waals surface area contributed by atoms with Crippen LogP contribution in [-0.4, -0.2) is 19.6 Å². The van der Waals surface area contributed by atoms with Crippen LogP contribution in [0.25, 0.3) is 0 Å². The maximum Gasteiger partial charge on any atom is 0.264 e. The number of benzene rings is 2. The molecule has 2 aromatic rings. The highest BCUT2D eigenvalue weighted by Crippen LogP contribution is 2.18. The van der Waals surface area contributed by atoms with Crippen LogP contribution >= 0.6 is 11.6 Å². The van der Waals surface area contributed by atoms with Crippen LogP contribution in [-0.2, 0) is 4.79 Å². The predicted molar refractivity (Wildman–Crippen MR) is 81.2 cm³/mol. The SMILES string of the molecule is CN(C(=O)COc1cccc(Cl)c1)c1cccc(N)c1. The highest BCUT2D eigenvalue weighted by molar-refractivity contribution is 6.30. The number of hydrogen-bond acceptors (Lipinski definition) is 3. The molecule has 2 N–H and O–H groups in total. The monoisotopic (exact) mass is 290 g/mol. The van der Waals surface area contributed by atoms with Crippen molar-refractivity contribution in [3.63, 3.8) is 0 Å². The minimum Gasteiger partial charge on any atom is -0.484 e. The molecule has 0 aliphatic carbocycles. The molecule has 0 aliphatic heterocycles. The van der Waals surface area contributed by atoms with Crippen molar-refractivity contribution in [1.82, 2.24) is 0 Å². The molecule has 2 aromatic carbocycles. The van der Waals surface area contributed by atoms with Crippen molar-refractivity contribution < 1.29 is 9.53 Å². The van der Waals surface area contributed by atoms with E-state index in [1.165, 1.54) is 4.90 Å². The first-order chi connectivity index (χ1) is 9.56. The van der Waals surface area contributed by atoms with Crippen LogP contribution in [0.5, 0.6) is 5.75 Å². The van der Waals surface area contributed by atoms with Gasteiger partial charge in [0.1, 0.15) is 5.75 Å². The summed E-state index contributed by atoms with van der Waals surface area (Å²) in [6.45, 7) is -0.0638. The largest absolute Gasteiger partial charge is 0.484 e. The van der Waals surface area contributed by atoms with E-state index in [-0.39, 0.29) is 12.5 Å². The maximum absolute atomic E-state index is 12.0. The van der Waals surface area contributed by atoms with Crippen molar-refractivity contribution in [2.45, 2.75) is 0 Å². The Hall–Kier alpha value is -2.20. The number of rotatable bonds is 4. The maximum atomic E-state index is 12.0. The van der Waals surface area contributed by atoms with Crippen molar-refractivity contribution in [3.8, 4) is 5.75 Å². The van der Waals surface area contributed by atoms with Gasteiger partial charge >= 0.3 is 0 Å². The number of nitrogens with two attached hydrogens (primary N) is 1. The number of ether oxygens (including phenoxy) is 1. The lowest BCUT2D eigenvalue weighted by Gasteiger charge is -2.18. The van der Waals surface area contributed by atoms with Gasteiger partial charge in [-0.05, 0) is 36.4 Å². The van der Waals surface area contributed by atoms with Crippen LogP contribution in [0.4, 0.5) is 11.4 Å². The van der Waals surface area contributed by atoms with E-state index >= 15 is 0 Å². The third-order valence-corrected chi connectivity index (χ3v) is 3.03. The van der Waals surface area contributed by atoms with E-state index in [2.05, 4.69) is 0 Å². The third-order valence-electron chi connectivity index (χ3n) is 2.79. The molecule has 4 nitrogen and oxygen atoms in total. The topological polar surface area (TPSA) is 55.6 Å². The smallest absolute Gasteiger partial charge is 0.264 e. The molecule has 0 aliphatic rings. The number of nitrogens with zero attached hydrogens (tertiary/aromatic N) is 1. The Balaban J connectivity index is 1.98. The molecule has 2 rings (SSSR count). The molecule has 0 bridgehead atoms. The standard InChI is InChI=1S/C15H15ClN2O2/c1-18(13-6-3-5-12(17)9-13)15(19)10-20-14-7-2-4-11(16)8-14/h2-9H,10,17H2,1H3. The molecule has 20 heavy (non-hydrogen) atoms. The zero-order valence-electron chi connectivity index (χ0n) is 11.0. The van der Waals surface area contributed by atoms with E-state index in [9.17, 15) is 4.79 Å². The molecule has 0 heterocycles. The van der Waals surface area contributed by atoms with Gasteiger partial charge in [-0.1, -0.05) is 23.7 Å². The summed E-state index contributed by atoms with van der Waals surface area (Å²) < 4.78 is 5.41. The van der Waals surface area contributed by atoms with Crippen molar-refractivity contribution >= 4 is 28.9 Å². The van der Waals surface area contributed by atoms with Gasteiger partial charge in [-0.25, -0.2) is 0 Å². The number of anilines is 2. The minimum absolute atomic E-state index is 0.0638. The Morgan fingerprint density at radius 3 is 2.70 bits per heavy atom. The van der Waals surface area contributed by atoms with Crippen LogP contribution in [0.15, 0.2) is 48.5 Å². The number of nitrogen functional groups attached to an aromatic ring is 1. The molecule has 0 atom stereocenters. The number of likely N-dealkylation sites (N-methyl/N-ethyl adjacent to an activating group) is 1. The van der Waals surface area contributed by atoms with E-state index < -0.39 is 0 Å². The Labute approximate surface area is 122 Å². The summed E-state index contributed by atoms with van der Waals surface area (Å²) >= 11 is 5.85. The molecule has 0 unspecified atom stereocenters. The van der Waals surface area contributed by atoms with Gasteiger partial charge in [0.25, 0.3) is 5.91 Å². The van der Waals surface area contributed by atoms with Gasteiger partial charge in [0, 0.05) is 23.4 Å². The number of hydrogen-bond donors (Lipinski definition) is 1. The molecule has 1 amide bonds. The number of amides is 1. The van der Waals surface area contributed by atoms with Gasteiger partial charge in [0.15, 0.2) is 6.61 Å². The van der Waals surface area contributed by atoms with Crippen LogP contribution in [0.2, 0.25) is 5.02 Å². The second-order valence-electron chi connectivity index (χ2n) is 4.29. The first kappa shape index (κ1) is 14.2. The summed E-state index contributed by atoms with van der Waals surface area (Å²) in [7, 11) is 1.68. The highest BCUT2D eigenvalue weighted by atomic mass is 35.5. The van der Waals surface area contributed by atoms with Gasteiger partial charge in [-0.2, -0.15) is 0 Å². The van der Waals surface area contributed by atoms with Gasteiger partial charge in [-0.15, -0.1) is 0 Å². The van der Waals surface area contributed by atoms with Crippen LogP contribution in [0, 0.1) is 0 Å². The fourth-order valence-corrected chi connectivity index (χ4v) is 1.86. The van der Waals surface area contributed by atoms with Crippen molar-refractivity contribution in [2.24, 2.45) is 0 Å². The summed E-state index contributed by atoms with van der Waals surface area (Å²) in [5.74, 6) is 0.391. The number of halogens is 1. The quantitative estimate of drug-likeness (QED) is 0.881. The summed E-state index contributed by atoms with van der Waals surface area (Å²) in [6.07, 6.45) is 0. The molecule has 5 heteroatoms. The fraction of sp³-hybridized carbons (Fsp3) is 0.133. The molecule has 0 fully saturated rings. The third kappa shape index (κ3) is 3.65. The predicted octanol–water partition coefficient (Wildman–Crippen LogP) is 2.96. The fourth-order valence-electron chi connectivity index (χ4n) is 1.68. The van der Waals surface area contributed by atoms with Gasteiger partial charge in [-0.3, -0.25) is 4.79 Å². The molecule has 0 saturated heterocycles. The lowest BCUT2D eigenvalue weighted by molar-refractivity contribution is -0.120. The van der Waals surface area contributed by atoms with Crippen LogP contribution < -0.4 is 15.4 Å². The second-order valence-corrected chi connectivity index (χ2v) is 4.73. The zero-order chi connectivity index (χ0) is 14.5. The van der Waals surface area contributed by atoms with E-state index in [0.29, 0.717) is 16.5 Å². The first-order valence-electron chi connectivity index (χ1n) is 6.07. The molecule has 0 aromatic heterocycles. The highest BCUT2D eigenvalue weighted by Gasteiger charge is 2.11. The average molecular weight is 291 g/mol. The molecule has 104 valence electrons. The van der Waals surface area contributed by atoms with E-state index in [0.717, 1.165) is 5.69 Å². The molecular weight excluding hydrogens is 276 g/mol. The zero-order valence-corrected chi connectivity index (χ0v) is 11.8. The minimum atomic E-state index is -0.171. The molecular formula is C15H15ClN2O2. The Morgan fingerprint density at radius 1 is 1.25 bits per heavy atom. The molecule has 0 spiro atoms. The average Bonchev–Trinajstić information content (AvgIpc) is 2.44. The summed E-state index contributed by atoms with van der Waals surface area (Å²) in [5.41, 5.74) is 7.03. The second kappa shape index (κ2) is 6.30.